The van der Waals surface area contributed by atoms with Crippen LogP contribution in [-0.4, -0.2) is 47.4 Å². The molecule has 0 aliphatic carbocycles. The van der Waals surface area contributed by atoms with Crippen LogP contribution in [0.1, 0.15) is 78.1 Å². The van der Waals surface area contributed by atoms with Crippen molar-refractivity contribution in [3.63, 3.8) is 0 Å². The molecule has 174 valence electrons. The van der Waals surface area contributed by atoms with Crippen molar-refractivity contribution < 1.29 is 19.5 Å². The smallest absolute Gasteiger partial charge is 0.226 e. The van der Waals surface area contributed by atoms with Gasteiger partial charge in [-0.2, -0.15) is 0 Å². The second-order valence-corrected chi connectivity index (χ2v) is 7.84. The molecule has 0 aliphatic heterocycles. The minimum Gasteiger partial charge on any atom is -0.508 e. The molecule has 3 N–H and O–H groups in total. The monoisotopic (exact) mass is 433 g/mol. The van der Waals surface area contributed by atoms with Crippen LogP contribution in [0.2, 0.25) is 0 Å². The van der Waals surface area contributed by atoms with Gasteiger partial charge in [0, 0.05) is 44.6 Å². The Labute approximate surface area is 186 Å². The Hall–Kier alpha value is -2.57. The number of anilines is 1. The molecule has 0 spiro atoms. The summed E-state index contributed by atoms with van der Waals surface area (Å²) >= 11 is 0. The predicted molar refractivity (Wildman–Crippen MR) is 124 cm³/mol. The maximum absolute atomic E-state index is 12.5. The summed E-state index contributed by atoms with van der Waals surface area (Å²) in [6.07, 6.45) is 7.83. The Kier molecular flexibility index (Phi) is 13.8. The number of hydrogen-bond donors (Lipinski definition) is 3. The topological polar surface area (TPSA) is 98.7 Å². The Morgan fingerprint density at radius 3 is 2.19 bits per heavy atom. The number of carbonyl (C=O) groups is 3. The molecule has 3 amide bonds. The number of benzene rings is 1. The first-order valence-corrected chi connectivity index (χ1v) is 11.6. The second-order valence-electron chi connectivity index (χ2n) is 7.84. The van der Waals surface area contributed by atoms with Gasteiger partial charge in [0.2, 0.25) is 17.7 Å². The van der Waals surface area contributed by atoms with Crippen LogP contribution in [0, 0.1) is 0 Å². The minimum atomic E-state index is -0.151. The summed E-state index contributed by atoms with van der Waals surface area (Å²) in [6.45, 7) is 5.80. The molecule has 0 aromatic heterocycles. The van der Waals surface area contributed by atoms with E-state index in [2.05, 4.69) is 17.6 Å². The third-order valence-electron chi connectivity index (χ3n) is 5.01. The molecule has 0 fully saturated rings. The molecule has 0 unspecified atom stereocenters. The van der Waals surface area contributed by atoms with E-state index < -0.39 is 0 Å². The normalized spacial score (nSPS) is 10.5. The van der Waals surface area contributed by atoms with Crippen LogP contribution in [0.15, 0.2) is 24.3 Å². The summed E-state index contributed by atoms with van der Waals surface area (Å²) in [7, 11) is 0. The fourth-order valence-electron chi connectivity index (χ4n) is 3.18. The van der Waals surface area contributed by atoms with Crippen molar-refractivity contribution in [2.24, 2.45) is 0 Å². The van der Waals surface area contributed by atoms with Gasteiger partial charge in [-0.1, -0.05) is 33.1 Å². The average molecular weight is 434 g/mol. The Morgan fingerprint density at radius 1 is 0.806 bits per heavy atom. The van der Waals surface area contributed by atoms with Crippen molar-refractivity contribution >= 4 is 23.4 Å². The van der Waals surface area contributed by atoms with E-state index in [1.54, 1.807) is 17.0 Å². The zero-order valence-electron chi connectivity index (χ0n) is 19.1. The van der Waals surface area contributed by atoms with Crippen molar-refractivity contribution in [2.75, 3.05) is 25.0 Å². The molecule has 1 aromatic carbocycles. The standard InChI is InChI=1S/C24H39N3O4/c1-3-5-11-24(31)27(18-9-7-6-8-17-25-22(29)10-4-2)19-16-23(30)26-20-12-14-21(28)15-13-20/h12-15,28H,3-11,16-19H2,1-2H3,(H,25,29)(H,26,30). The Morgan fingerprint density at radius 2 is 1.52 bits per heavy atom. The molecule has 7 nitrogen and oxygen atoms in total. The fraction of sp³-hybridized carbons (Fsp3) is 0.625. The summed E-state index contributed by atoms with van der Waals surface area (Å²) in [5.74, 6) is 0.211. The maximum Gasteiger partial charge on any atom is 0.226 e. The number of phenols is 1. The number of nitrogens with one attached hydrogen (secondary N) is 2. The van der Waals surface area contributed by atoms with Gasteiger partial charge in [-0.15, -0.1) is 0 Å². The molecule has 0 saturated carbocycles. The van der Waals surface area contributed by atoms with Gasteiger partial charge in [0.25, 0.3) is 0 Å². The first kappa shape index (κ1) is 26.5. The van der Waals surface area contributed by atoms with E-state index in [-0.39, 0.29) is 29.9 Å². The molecule has 1 aromatic rings. The van der Waals surface area contributed by atoms with Gasteiger partial charge < -0.3 is 20.6 Å². The van der Waals surface area contributed by atoms with E-state index in [0.29, 0.717) is 38.2 Å². The first-order chi connectivity index (χ1) is 15.0. The number of phenolic OH excluding ortho intramolecular Hbond substituents is 1. The SMILES string of the molecule is CCCCC(=O)N(CCCCCCNC(=O)CCC)CCC(=O)Nc1ccc(O)cc1. The lowest BCUT2D eigenvalue weighted by atomic mass is 10.1. The van der Waals surface area contributed by atoms with Gasteiger partial charge >= 0.3 is 0 Å². The number of unbranched alkanes of at least 4 members (excludes halogenated alkanes) is 4. The van der Waals surface area contributed by atoms with Crippen molar-refractivity contribution in [1.82, 2.24) is 10.2 Å². The summed E-state index contributed by atoms with van der Waals surface area (Å²) < 4.78 is 0. The Balaban J connectivity index is 2.35. The third-order valence-corrected chi connectivity index (χ3v) is 5.01. The number of rotatable bonds is 16. The van der Waals surface area contributed by atoms with Crippen LogP contribution < -0.4 is 10.6 Å². The van der Waals surface area contributed by atoms with Crippen LogP contribution in [0.5, 0.6) is 5.75 Å². The molecule has 0 aliphatic rings. The van der Waals surface area contributed by atoms with Crippen LogP contribution >= 0.6 is 0 Å². The predicted octanol–water partition coefficient (Wildman–Crippen LogP) is 4.22. The molecular weight excluding hydrogens is 394 g/mol. The molecule has 31 heavy (non-hydrogen) atoms. The number of aromatic hydroxyl groups is 1. The van der Waals surface area contributed by atoms with Gasteiger partial charge in [-0.3, -0.25) is 14.4 Å². The van der Waals surface area contributed by atoms with Crippen LogP contribution in [0.3, 0.4) is 0 Å². The van der Waals surface area contributed by atoms with Crippen LogP contribution in [0.25, 0.3) is 0 Å². The quantitative estimate of drug-likeness (QED) is 0.268. The van der Waals surface area contributed by atoms with Gasteiger partial charge in [0.15, 0.2) is 0 Å². The molecule has 1 rings (SSSR count). The van der Waals surface area contributed by atoms with Crippen LogP contribution in [0.4, 0.5) is 5.69 Å². The molecule has 0 radical (unpaired) electrons. The molecule has 0 atom stereocenters. The fourth-order valence-corrected chi connectivity index (χ4v) is 3.18. The van der Waals surface area contributed by atoms with Gasteiger partial charge in [-0.05, 0) is 49.9 Å². The highest BCUT2D eigenvalue weighted by Gasteiger charge is 2.14. The summed E-state index contributed by atoms with van der Waals surface area (Å²) in [5.41, 5.74) is 0.623. The third kappa shape index (κ3) is 12.7. The van der Waals surface area contributed by atoms with Gasteiger partial charge in [0.05, 0.1) is 0 Å². The highest BCUT2D eigenvalue weighted by Crippen LogP contribution is 2.14. The van der Waals surface area contributed by atoms with Crippen molar-refractivity contribution in [1.29, 1.82) is 0 Å². The number of carbonyl (C=O) groups excluding carboxylic acids is 3. The second kappa shape index (κ2) is 16.2. The lowest BCUT2D eigenvalue weighted by molar-refractivity contribution is -0.132. The zero-order chi connectivity index (χ0) is 22.9. The molecule has 0 saturated heterocycles. The highest BCUT2D eigenvalue weighted by molar-refractivity contribution is 5.91. The van der Waals surface area contributed by atoms with E-state index in [1.165, 1.54) is 12.1 Å². The Bertz CT molecular complexity index is 661. The molecular formula is C24H39N3O4. The highest BCUT2D eigenvalue weighted by atomic mass is 16.3. The van der Waals surface area contributed by atoms with E-state index in [1.807, 2.05) is 6.92 Å². The van der Waals surface area contributed by atoms with Crippen molar-refractivity contribution in [2.45, 2.75) is 78.1 Å². The van der Waals surface area contributed by atoms with E-state index in [4.69, 9.17) is 0 Å². The van der Waals surface area contributed by atoms with Crippen LogP contribution in [-0.2, 0) is 14.4 Å². The zero-order valence-corrected chi connectivity index (χ0v) is 19.1. The summed E-state index contributed by atoms with van der Waals surface area (Å²) in [6, 6.07) is 6.32. The lowest BCUT2D eigenvalue weighted by Crippen LogP contribution is -2.34. The number of nitrogens with zero attached hydrogens (tertiary/aromatic N) is 1. The largest absolute Gasteiger partial charge is 0.508 e. The summed E-state index contributed by atoms with van der Waals surface area (Å²) in [4.78, 5) is 38.0. The number of amides is 3. The number of hydrogen-bond acceptors (Lipinski definition) is 4. The first-order valence-electron chi connectivity index (χ1n) is 11.6. The van der Waals surface area contributed by atoms with E-state index in [9.17, 15) is 19.5 Å². The molecule has 0 heterocycles. The maximum atomic E-state index is 12.5. The average Bonchev–Trinajstić information content (AvgIpc) is 2.75. The molecule has 0 bridgehead atoms. The van der Waals surface area contributed by atoms with Gasteiger partial charge in [0.1, 0.15) is 5.75 Å². The molecule has 7 heteroatoms. The van der Waals surface area contributed by atoms with Gasteiger partial charge in [-0.25, -0.2) is 0 Å². The van der Waals surface area contributed by atoms with E-state index >= 15 is 0 Å². The van der Waals surface area contributed by atoms with Crippen molar-refractivity contribution in [3.05, 3.63) is 24.3 Å². The van der Waals surface area contributed by atoms with E-state index in [0.717, 1.165) is 44.9 Å². The lowest BCUT2D eigenvalue weighted by Gasteiger charge is -2.22. The minimum absolute atomic E-state index is 0.103. The summed E-state index contributed by atoms with van der Waals surface area (Å²) in [5, 5.41) is 15.0. The van der Waals surface area contributed by atoms with Crippen molar-refractivity contribution in [3.8, 4) is 5.75 Å².